The van der Waals surface area contributed by atoms with Crippen LogP contribution >= 0.6 is 0 Å². The Morgan fingerprint density at radius 2 is 1.78 bits per heavy atom. The van der Waals surface area contributed by atoms with E-state index in [1.165, 1.54) is 12.1 Å². The molecule has 0 atom stereocenters. The van der Waals surface area contributed by atoms with Gasteiger partial charge < -0.3 is 24.9 Å². The molecule has 0 radical (unpaired) electrons. The summed E-state index contributed by atoms with van der Waals surface area (Å²) in [5.74, 6) is -1.53. The Morgan fingerprint density at radius 3 is 2.48 bits per heavy atom. The Morgan fingerprint density at radius 1 is 1.00 bits per heavy atom. The third kappa shape index (κ3) is 3.89. The van der Waals surface area contributed by atoms with Gasteiger partial charge in [0.1, 0.15) is 0 Å². The predicted molar refractivity (Wildman–Crippen MR) is 91.5 cm³/mol. The van der Waals surface area contributed by atoms with E-state index in [4.69, 9.17) is 4.52 Å². The molecule has 0 bridgehead atoms. The number of phenolic OH excluding ortho intramolecular Hbond substituents is 4. The highest BCUT2D eigenvalue weighted by Crippen LogP contribution is 2.38. The van der Waals surface area contributed by atoms with Crippen LogP contribution in [0.3, 0.4) is 0 Å². The van der Waals surface area contributed by atoms with E-state index in [1.807, 2.05) is 0 Å². The average molecular weight is 373 g/mol. The second-order valence-electron chi connectivity index (χ2n) is 5.81. The number of aromatic hydroxyl groups is 4. The minimum absolute atomic E-state index is 0.0225. The number of phenols is 4. The third-order valence-electron chi connectivity index (χ3n) is 3.89. The molecule has 0 fully saturated rings. The van der Waals surface area contributed by atoms with Crippen molar-refractivity contribution in [3.8, 4) is 34.5 Å². The first-order valence-electron chi connectivity index (χ1n) is 7.89. The van der Waals surface area contributed by atoms with Crippen molar-refractivity contribution in [1.82, 2.24) is 10.1 Å². The first kappa shape index (κ1) is 18.0. The number of nitrogens with zero attached hydrogens (tertiary/aromatic N) is 3. The molecule has 3 rings (SSSR count). The molecule has 1 aromatic heterocycles. The molecule has 0 aliphatic rings. The normalized spacial score (nSPS) is 10.8. The zero-order valence-electron chi connectivity index (χ0n) is 13.9. The van der Waals surface area contributed by atoms with Crippen molar-refractivity contribution in [1.29, 1.82) is 0 Å². The molecule has 0 spiro atoms. The van der Waals surface area contributed by atoms with E-state index in [-0.39, 0.29) is 23.0 Å². The molecular weight excluding hydrogens is 358 g/mol. The summed E-state index contributed by atoms with van der Waals surface area (Å²) in [4.78, 5) is 14.2. The minimum atomic E-state index is -0.833. The maximum atomic E-state index is 10.9. The van der Waals surface area contributed by atoms with Gasteiger partial charge in [-0.1, -0.05) is 11.2 Å². The highest BCUT2D eigenvalue weighted by atomic mass is 16.6. The number of aromatic nitrogens is 2. The maximum absolute atomic E-state index is 10.9. The second kappa shape index (κ2) is 7.20. The molecule has 10 heteroatoms. The molecule has 140 valence electrons. The standard InChI is InChI=1S/C17H15N3O7/c21-12-5-4-9(6-13(12)22)2-1-3-15-18-17(27-19-15)10-7-11(20(25)26)16(24)14(23)8-10/h4-8,21-24H,1-3H2. The lowest BCUT2D eigenvalue weighted by Gasteiger charge is -2.02. The third-order valence-corrected chi connectivity index (χ3v) is 3.89. The molecule has 0 aliphatic heterocycles. The van der Waals surface area contributed by atoms with E-state index in [0.717, 1.165) is 17.7 Å². The molecular formula is C17H15N3O7. The molecule has 0 saturated heterocycles. The monoisotopic (exact) mass is 373 g/mol. The van der Waals surface area contributed by atoms with E-state index < -0.39 is 22.1 Å². The fraction of sp³-hybridized carbons (Fsp3) is 0.176. The molecule has 27 heavy (non-hydrogen) atoms. The summed E-state index contributed by atoms with van der Waals surface area (Å²) in [6.45, 7) is 0. The summed E-state index contributed by atoms with van der Waals surface area (Å²) in [6, 6.07) is 6.69. The van der Waals surface area contributed by atoms with Crippen LogP contribution in [-0.4, -0.2) is 35.5 Å². The first-order chi connectivity index (χ1) is 12.8. The first-order valence-corrected chi connectivity index (χ1v) is 7.89. The number of aryl methyl sites for hydroxylation is 2. The lowest BCUT2D eigenvalue weighted by molar-refractivity contribution is -0.385. The predicted octanol–water partition coefficient (Wildman–Crippen LogP) is 2.64. The second-order valence-corrected chi connectivity index (χ2v) is 5.81. The average Bonchev–Trinajstić information content (AvgIpc) is 3.09. The fourth-order valence-electron chi connectivity index (χ4n) is 2.51. The van der Waals surface area contributed by atoms with Gasteiger partial charge in [0.15, 0.2) is 23.1 Å². The van der Waals surface area contributed by atoms with E-state index in [1.54, 1.807) is 6.07 Å². The smallest absolute Gasteiger partial charge is 0.315 e. The molecule has 2 aromatic carbocycles. The minimum Gasteiger partial charge on any atom is -0.504 e. The molecule has 0 unspecified atom stereocenters. The Balaban J connectivity index is 1.70. The highest BCUT2D eigenvalue weighted by Gasteiger charge is 2.21. The summed E-state index contributed by atoms with van der Waals surface area (Å²) in [6.07, 6.45) is 1.67. The molecule has 1 heterocycles. The van der Waals surface area contributed by atoms with Crippen LogP contribution in [0.4, 0.5) is 5.69 Å². The Bertz CT molecular complexity index is 1000. The summed E-state index contributed by atoms with van der Waals surface area (Å²) in [5, 5.41) is 52.6. The van der Waals surface area contributed by atoms with Crippen LogP contribution in [0, 0.1) is 10.1 Å². The number of rotatable bonds is 6. The Hall–Kier alpha value is -3.82. The van der Waals surface area contributed by atoms with E-state index in [2.05, 4.69) is 10.1 Å². The van der Waals surface area contributed by atoms with Gasteiger partial charge in [0.2, 0.25) is 5.75 Å². The number of hydrogen-bond acceptors (Lipinski definition) is 9. The Labute approximate surface area is 152 Å². The van der Waals surface area contributed by atoms with Crippen LogP contribution in [0.5, 0.6) is 23.0 Å². The summed E-state index contributed by atoms with van der Waals surface area (Å²) in [7, 11) is 0. The van der Waals surface area contributed by atoms with Gasteiger partial charge >= 0.3 is 5.69 Å². The summed E-state index contributed by atoms with van der Waals surface area (Å²) in [5.41, 5.74) is 0.268. The van der Waals surface area contributed by atoms with E-state index in [0.29, 0.717) is 25.1 Å². The van der Waals surface area contributed by atoms with Crippen molar-refractivity contribution in [2.45, 2.75) is 19.3 Å². The van der Waals surface area contributed by atoms with Crippen LogP contribution in [0.1, 0.15) is 17.8 Å². The lowest BCUT2D eigenvalue weighted by Crippen LogP contribution is -1.93. The number of nitro benzene ring substituents is 1. The summed E-state index contributed by atoms with van der Waals surface area (Å²) < 4.78 is 5.07. The Kier molecular flexibility index (Phi) is 4.79. The zero-order chi connectivity index (χ0) is 19.6. The van der Waals surface area contributed by atoms with Crippen LogP contribution < -0.4 is 0 Å². The van der Waals surface area contributed by atoms with Crippen LogP contribution in [0.2, 0.25) is 0 Å². The van der Waals surface area contributed by atoms with Gasteiger partial charge in [0.25, 0.3) is 5.89 Å². The van der Waals surface area contributed by atoms with Gasteiger partial charge in [0.05, 0.1) is 10.5 Å². The fourth-order valence-corrected chi connectivity index (χ4v) is 2.51. The van der Waals surface area contributed by atoms with Crippen molar-refractivity contribution < 1.29 is 29.9 Å². The number of nitro groups is 1. The molecule has 0 saturated carbocycles. The van der Waals surface area contributed by atoms with Gasteiger partial charge in [0, 0.05) is 12.5 Å². The SMILES string of the molecule is O=[N+]([O-])c1cc(-c2nc(CCCc3ccc(O)c(O)c3)no2)cc(O)c1O. The molecule has 0 aliphatic carbocycles. The van der Waals surface area contributed by atoms with Gasteiger partial charge in [-0.2, -0.15) is 4.98 Å². The van der Waals surface area contributed by atoms with Gasteiger partial charge in [-0.3, -0.25) is 10.1 Å². The van der Waals surface area contributed by atoms with Crippen LogP contribution in [0.15, 0.2) is 34.9 Å². The van der Waals surface area contributed by atoms with Gasteiger partial charge in [-0.15, -0.1) is 0 Å². The largest absolute Gasteiger partial charge is 0.504 e. The molecule has 10 nitrogen and oxygen atoms in total. The molecule has 0 amide bonds. The van der Waals surface area contributed by atoms with Crippen molar-refractivity contribution in [2.75, 3.05) is 0 Å². The van der Waals surface area contributed by atoms with Gasteiger partial charge in [-0.05, 0) is 36.6 Å². The molecule has 4 N–H and O–H groups in total. The number of benzene rings is 2. The van der Waals surface area contributed by atoms with Crippen LogP contribution in [-0.2, 0) is 12.8 Å². The van der Waals surface area contributed by atoms with Crippen molar-refractivity contribution in [3.05, 3.63) is 51.8 Å². The van der Waals surface area contributed by atoms with Crippen molar-refractivity contribution in [2.24, 2.45) is 0 Å². The number of hydrogen-bond donors (Lipinski definition) is 4. The zero-order valence-corrected chi connectivity index (χ0v) is 13.9. The molecule has 3 aromatic rings. The highest BCUT2D eigenvalue weighted by molar-refractivity contribution is 5.67. The quantitative estimate of drug-likeness (QED) is 0.289. The van der Waals surface area contributed by atoms with E-state index >= 15 is 0 Å². The summed E-state index contributed by atoms with van der Waals surface area (Å²) >= 11 is 0. The maximum Gasteiger partial charge on any atom is 0.315 e. The topological polar surface area (TPSA) is 163 Å². The lowest BCUT2D eigenvalue weighted by atomic mass is 10.1. The van der Waals surface area contributed by atoms with Crippen molar-refractivity contribution >= 4 is 5.69 Å². The van der Waals surface area contributed by atoms with Crippen molar-refractivity contribution in [3.63, 3.8) is 0 Å². The van der Waals surface area contributed by atoms with Crippen LogP contribution in [0.25, 0.3) is 11.5 Å². The van der Waals surface area contributed by atoms with E-state index in [9.17, 15) is 30.5 Å². The van der Waals surface area contributed by atoms with Gasteiger partial charge in [-0.25, -0.2) is 0 Å².